The van der Waals surface area contributed by atoms with Crippen LogP contribution in [0.25, 0.3) is 0 Å². The van der Waals surface area contributed by atoms with Crippen LogP contribution in [0.5, 0.6) is 11.5 Å². The zero-order chi connectivity index (χ0) is 21.1. The molecule has 30 heavy (non-hydrogen) atoms. The summed E-state index contributed by atoms with van der Waals surface area (Å²) in [4.78, 5) is 27.8. The smallest absolute Gasteiger partial charge is 0.225 e. The zero-order valence-corrected chi connectivity index (χ0v) is 17.5. The van der Waals surface area contributed by atoms with Gasteiger partial charge in [0.1, 0.15) is 11.5 Å². The fourth-order valence-corrected chi connectivity index (χ4v) is 4.19. The maximum Gasteiger partial charge on any atom is 0.225 e. The number of amides is 2. The molecule has 1 aliphatic carbocycles. The number of hydrogen-bond donors (Lipinski definition) is 1. The Hall–Kier alpha value is -3.02. The summed E-state index contributed by atoms with van der Waals surface area (Å²) in [6, 6.07) is 15.5. The summed E-state index contributed by atoms with van der Waals surface area (Å²) in [5, 5.41) is 3.06. The van der Waals surface area contributed by atoms with Crippen LogP contribution in [0.15, 0.2) is 48.5 Å². The Morgan fingerprint density at radius 1 is 1.03 bits per heavy atom. The van der Waals surface area contributed by atoms with Crippen LogP contribution in [0.3, 0.4) is 0 Å². The quantitative estimate of drug-likeness (QED) is 0.765. The van der Waals surface area contributed by atoms with Gasteiger partial charge in [0.05, 0.1) is 20.1 Å². The van der Waals surface area contributed by atoms with E-state index in [9.17, 15) is 9.59 Å². The van der Waals surface area contributed by atoms with Crippen LogP contribution in [0, 0.1) is 11.8 Å². The van der Waals surface area contributed by atoms with E-state index in [-0.39, 0.29) is 29.6 Å². The predicted octanol–water partition coefficient (Wildman–Crippen LogP) is 2.97. The van der Waals surface area contributed by atoms with Gasteiger partial charge in [-0.15, -0.1) is 0 Å². The molecule has 2 aromatic carbocycles. The van der Waals surface area contributed by atoms with Gasteiger partial charge in [-0.05, 0) is 24.5 Å². The van der Waals surface area contributed by atoms with Gasteiger partial charge in [0.2, 0.25) is 11.8 Å². The fraction of sp³-hybridized carbons (Fsp3) is 0.417. The summed E-state index contributed by atoms with van der Waals surface area (Å²) in [6.45, 7) is 1.44. The second-order valence-electron chi connectivity index (χ2n) is 8.04. The van der Waals surface area contributed by atoms with Crippen LogP contribution in [0.4, 0.5) is 0 Å². The lowest BCUT2D eigenvalue weighted by Crippen LogP contribution is -2.35. The van der Waals surface area contributed by atoms with Crippen molar-refractivity contribution in [1.29, 1.82) is 0 Å². The molecule has 2 aromatic rings. The Morgan fingerprint density at radius 2 is 1.80 bits per heavy atom. The van der Waals surface area contributed by atoms with Crippen molar-refractivity contribution in [2.24, 2.45) is 11.8 Å². The topological polar surface area (TPSA) is 67.9 Å². The predicted molar refractivity (Wildman–Crippen MR) is 113 cm³/mol. The first kappa shape index (κ1) is 20.3. The number of nitrogens with one attached hydrogen (secondary N) is 1. The standard InChI is InChI=1S/C24H28N2O4/c1-29-18-10-11-19(22(12-18)30-2)20-14-26(24(28)17-8-9-17)15-21(20)23(27)25-13-16-6-4-3-5-7-16/h3-7,10-12,17,20-21H,8-9,13-15H2,1-2H3,(H,25,27). The first-order valence-electron chi connectivity index (χ1n) is 10.4. The van der Waals surface area contributed by atoms with Crippen molar-refractivity contribution in [2.75, 3.05) is 27.3 Å². The lowest BCUT2D eigenvalue weighted by molar-refractivity contribution is -0.132. The summed E-state index contributed by atoms with van der Waals surface area (Å²) in [7, 11) is 3.23. The largest absolute Gasteiger partial charge is 0.497 e. The van der Waals surface area contributed by atoms with Gasteiger partial charge in [0.25, 0.3) is 0 Å². The number of ether oxygens (including phenoxy) is 2. The minimum atomic E-state index is -0.321. The molecule has 1 heterocycles. The Balaban J connectivity index is 1.56. The number of carbonyl (C=O) groups is 2. The number of nitrogens with zero attached hydrogens (tertiary/aromatic N) is 1. The molecular weight excluding hydrogens is 380 g/mol. The monoisotopic (exact) mass is 408 g/mol. The van der Waals surface area contributed by atoms with E-state index in [0.717, 1.165) is 24.0 Å². The van der Waals surface area contributed by atoms with Crippen LogP contribution in [0.1, 0.15) is 29.9 Å². The highest BCUT2D eigenvalue weighted by atomic mass is 16.5. The maximum absolute atomic E-state index is 13.2. The number of rotatable bonds is 7. The van der Waals surface area contributed by atoms with E-state index in [1.807, 2.05) is 53.4 Å². The van der Waals surface area contributed by atoms with Gasteiger partial charge in [0, 0.05) is 43.1 Å². The average molecular weight is 408 g/mol. The lowest BCUT2D eigenvalue weighted by atomic mass is 9.87. The Bertz CT molecular complexity index is 911. The van der Waals surface area contributed by atoms with Crippen molar-refractivity contribution >= 4 is 11.8 Å². The molecule has 158 valence electrons. The van der Waals surface area contributed by atoms with Gasteiger partial charge < -0.3 is 19.7 Å². The molecule has 2 unspecified atom stereocenters. The summed E-state index contributed by atoms with van der Waals surface area (Å²) in [5.74, 6) is 1.21. The van der Waals surface area contributed by atoms with E-state index in [1.165, 1.54) is 0 Å². The minimum absolute atomic E-state index is 0.0344. The normalized spacial score (nSPS) is 20.7. The van der Waals surface area contributed by atoms with E-state index >= 15 is 0 Å². The summed E-state index contributed by atoms with van der Waals surface area (Å²) in [6.07, 6.45) is 1.91. The van der Waals surface area contributed by atoms with E-state index in [2.05, 4.69) is 5.32 Å². The number of benzene rings is 2. The molecule has 6 heteroatoms. The molecule has 0 spiro atoms. The van der Waals surface area contributed by atoms with Crippen LogP contribution >= 0.6 is 0 Å². The maximum atomic E-state index is 13.2. The van der Waals surface area contributed by atoms with Gasteiger partial charge in [-0.3, -0.25) is 9.59 Å². The third kappa shape index (κ3) is 4.27. The molecule has 1 aliphatic heterocycles. The number of carbonyl (C=O) groups excluding carboxylic acids is 2. The molecule has 2 aliphatic rings. The number of likely N-dealkylation sites (tertiary alicyclic amines) is 1. The molecule has 2 amide bonds. The molecule has 1 saturated carbocycles. The Morgan fingerprint density at radius 3 is 2.47 bits per heavy atom. The van der Waals surface area contributed by atoms with Crippen molar-refractivity contribution in [1.82, 2.24) is 10.2 Å². The molecule has 0 bridgehead atoms. The second kappa shape index (κ2) is 8.78. The molecule has 2 fully saturated rings. The minimum Gasteiger partial charge on any atom is -0.497 e. The molecule has 6 nitrogen and oxygen atoms in total. The van der Waals surface area contributed by atoms with Gasteiger partial charge in [-0.25, -0.2) is 0 Å². The van der Waals surface area contributed by atoms with E-state index in [0.29, 0.717) is 31.1 Å². The van der Waals surface area contributed by atoms with Crippen molar-refractivity contribution in [2.45, 2.75) is 25.3 Å². The Labute approximate surface area is 177 Å². The fourth-order valence-electron chi connectivity index (χ4n) is 4.19. The molecule has 2 atom stereocenters. The second-order valence-corrected chi connectivity index (χ2v) is 8.04. The summed E-state index contributed by atoms with van der Waals surface area (Å²) >= 11 is 0. The van der Waals surface area contributed by atoms with Gasteiger partial charge >= 0.3 is 0 Å². The lowest BCUT2D eigenvalue weighted by Gasteiger charge is -2.21. The van der Waals surface area contributed by atoms with Crippen molar-refractivity contribution < 1.29 is 19.1 Å². The molecule has 0 radical (unpaired) electrons. The van der Waals surface area contributed by atoms with Crippen LogP contribution in [-0.4, -0.2) is 44.0 Å². The average Bonchev–Trinajstić information content (AvgIpc) is 3.55. The number of hydrogen-bond acceptors (Lipinski definition) is 4. The van der Waals surface area contributed by atoms with E-state index < -0.39 is 0 Å². The zero-order valence-electron chi connectivity index (χ0n) is 17.5. The Kier molecular flexibility index (Phi) is 5.93. The van der Waals surface area contributed by atoms with Gasteiger partial charge in [-0.2, -0.15) is 0 Å². The highest BCUT2D eigenvalue weighted by molar-refractivity contribution is 5.85. The van der Waals surface area contributed by atoms with Gasteiger partial charge in [0.15, 0.2) is 0 Å². The first-order chi connectivity index (χ1) is 14.6. The molecular formula is C24H28N2O4. The van der Waals surface area contributed by atoms with Crippen molar-refractivity contribution in [3.8, 4) is 11.5 Å². The third-order valence-corrected chi connectivity index (χ3v) is 6.04. The highest BCUT2D eigenvalue weighted by Gasteiger charge is 2.44. The first-order valence-corrected chi connectivity index (χ1v) is 10.4. The summed E-state index contributed by atoms with van der Waals surface area (Å²) in [5.41, 5.74) is 1.98. The molecule has 4 rings (SSSR count). The van der Waals surface area contributed by atoms with Gasteiger partial charge in [-0.1, -0.05) is 36.4 Å². The SMILES string of the molecule is COc1ccc(C2CN(C(=O)C3CC3)CC2C(=O)NCc2ccccc2)c(OC)c1. The molecule has 1 N–H and O–H groups in total. The van der Waals surface area contributed by atoms with E-state index in [1.54, 1.807) is 14.2 Å². The molecule has 0 aromatic heterocycles. The summed E-state index contributed by atoms with van der Waals surface area (Å²) < 4.78 is 10.9. The highest BCUT2D eigenvalue weighted by Crippen LogP contribution is 2.41. The number of methoxy groups -OCH3 is 2. The van der Waals surface area contributed by atoms with Crippen LogP contribution < -0.4 is 14.8 Å². The van der Waals surface area contributed by atoms with Crippen LogP contribution in [-0.2, 0) is 16.1 Å². The van der Waals surface area contributed by atoms with E-state index in [4.69, 9.17) is 9.47 Å². The van der Waals surface area contributed by atoms with Crippen molar-refractivity contribution in [3.63, 3.8) is 0 Å². The molecule has 1 saturated heterocycles. The van der Waals surface area contributed by atoms with Crippen molar-refractivity contribution in [3.05, 3.63) is 59.7 Å². The third-order valence-electron chi connectivity index (χ3n) is 6.04. The van der Waals surface area contributed by atoms with Crippen LogP contribution in [0.2, 0.25) is 0 Å².